The third-order valence-corrected chi connectivity index (χ3v) is 5.27. The number of hydrogen-bond donors (Lipinski definition) is 3. The zero-order valence-corrected chi connectivity index (χ0v) is 18.0. The highest BCUT2D eigenvalue weighted by atomic mass is 35.5. The summed E-state index contributed by atoms with van der Waals surface area (Å²) in [6.07, 6.45) is 3.88. The predicted molar refractivity (Wildman–Crippen MR) is 118 cm³/mol. The molecule has 0 radical (unpaired) electrons. The van der Waals surface area contributed by atoms with Crippen molar-refractivity contribution in [1.82, 2.24) is 25.5 Å². The van der Waals surface area contributed by atoms with Gasteiger partial charge in [0.05, 0.1) is 6.04 Å². The number of H-pyrrole nitrogens is 1. The average molecular weight is 428 g/mol. The van der Waals surface area contributed by atoms with Gasteiger partial charge in [0, 0.05) is 35.8 Å². The summed E-state index contributed by atoms with van der Waals surface area (Å²) in [4.78, 5) is 34.7. The number of nitrogens with one attached hydrogen (secondary N) is 3. The first-order valence-electron chi connectivity index (χ1n) is 9.74. The lowest BCUT2D eigenvalue weighted by molar-refractivity contribution is -0.131. The molecule has 0 aliphatic heterocycles. The molecule has 3 N–H and O–H groups in total. The molecule has 0 bridgehead atoms. The summed E-state index contributed by atoms with van der Waals surface area (Å²) in [5.74, 6) is -0.471. The lowest BCUT2D eigenvalue weighted by Crippen LogP contribution is -2.52. The molecule has 3 rings (SSSR count). The van der Waals surface area contributed by atoms with Gasteiger partial charge in [-0.25, -0.2) is 4.98 Å². The van der Waals surface area contributed by atoms with Crippen LogP contribution in [0.5, 0.6) is 0 Å². The number of nitrogens with zero attached hydrogens (tertiary/aromatic N) is 2. The smallest absolute Gasteiger partial charge is 0.243 e. The standard InChI is InChI=1S/C22H26ClN5O2/c1-14(28(2)3)21(29)27-19(11-15-5-4-6-18(23)10-15)22(30)26-13-16-9-17-7-8-24-20(17)25-12-16/h4-10,12,14,19H,11,13H2,1-3H3,(H,24,25)(H,26,30)(H,27,29)/t14-,19-/m0/s1. The molecule has 2 atom stereocenters. The van der Waals surface area contributed by atoms with Crippen molar-refractivity contribution >= 4 is 34.4 Å². The van der Waals surface area contributed by atoms with Crippen LogP contribution in [0.25, 0.3) is 11.0 Å². The van der Waals surface area contributed by atoms with Crippen molar-refractivity contribution in [2.45, 2.75) is 32.0 Å². The molecule has 3 aromatic rings. The fraction of sp³-hybridized carbons (Fsp3) is 0.318. The lowest BCUT2D eigenvalue weighted by Gasteiger charge is -2.24. The highest BCUT2D eigenvalue weighted by Gasteiger charge is 2.24. The van der Waals surface area contributed by atoms with Crippen molar-refractivity contribution in [3.63, 3.8) is 0 Å². The van der Waals surface area contributed by atoms with Crippen LogP contribution in [-0.4, -0.2) is 52.9 Å². The van der Waals surface area contributed by atoms with Gasteiger partial charge in [-0.2, -0.15) is 0 Å². The first-order valence-corrected chi connectivity index (χ1v) is 10.1. The molecule has 0 unspecified atom stereocenters. The van der Waals surface area contributed by atoms with Crippen LogP contribution >= 0.6 is 11.6 Å². The molecule has 30 heavy (non-hydrogen) atoms. The maximum atomic E-state index is 12.9. The number of carbonyl (C=O) groups excluding carboxylic acids is 2. The first kappa shape index (κ1) is 21.8. The Morgan fingerprint density at radius 1 is 1.17 bits per heavy atom. The topological polar surface area (TPSA) is 90.1 Å². The van der Waals surface area contributed by atoms with Crippen LogP contribution in [0.1, 0.15) is 18.1 Å². The summed E-state index contributed by atoms with van der Waals surface area (Å²) in [5.41, 5.74) is 2.55. The van der Waals surface area contributed by atoms with Gasteiger partial charge in [0.1, 0.15) is 11.7 Å². The Hall–Kier alpha value is -2.90. The van der Waals surface area contributed by atoms with Crippen molar-refractivity contribution in [3.05, 3.63) is 64.9 Å². The van der Waals surface area contributed by atoms with E-state index in [2.05, 4.69) is 20.6 Å². The second-order valence-corrected chi connectivity index (χ2v) is 7.95. The second kappa shape index (κ2) is 9.73. The van der Waals surface area contributed by atoms with Crippen LogP contribution in [0.2, 0.25) is 5.02 Å². The van der Waals surface area contributed by atoms with Crippen molar-refractivity contribution in [2.75, 3.05) is 14.1 Å². The Kier molecular flexibility index (Phi) is 7.07. The molecule has 0 aliphatic carbocycles. The van der Waals surface area contributed by atoms with Crippen LogP contribution in [0, 0.1) is 0 Å². The van der Waals surface area contributed by atoms with Crippen molar-refractivity contribution in [2.24, 2.45) is 0 Å². The molecule has 7 nitrogen and oxygen atoms in total. The van der Waals surface area contributed by atoms with E-state index in [1.807, 2.05) is 44.6 Å². The van der Waals surface area contributed by atoms with Gasteiger partial charge in [-0.15, -0.1) is 0 Å². The summed E-state index contributed by atoms with van der Waals surface area (Å²) in [6.45, 7) is 2.11. The fourth-order valence-corrected chi connectivity index (χ4v) is 3.24. The molecule has 2 amide bonds. The number of pyridine rings is 1. The number of halogens is 1. The van der Waals surface area contributed by atoms with E-state index in [4.69, 9.17) is 11.6 Å². The van der Waals surface area contributed by atoms with Crippen molar-refractivity contribution in [3.8, 4) is 0 Å². The molecule has 0 saturated heterocycles. The first-order chi connectivity index (χ1) is 14.3. The Morgan fingerprint density at radius 2 is 1.97 bits per heavy atom. The normalized spacial score (nSPS) is 13.2. The minimum Gasteiger partial charge on any atom is -0.350 e. The van der Waals surface area contributed by atoms with Gasteiger partial charge in [-0.05, 0) is 56.4 Å². The lowest BCUT2D eigenvalue weighted by atomic mass is 10.0. The van der Waals surface area contributed by atoms with E-state index < -0.39 is 6.04 Å². The van der Waals surface area contributed by atoms with Gasteiger partial charge >= 0.3 is 0 Å². The van der Waals surface area contributed by atoms with Crippen LogP contribution < -0.4 is 10.6 Å². The molecular formula is C22H26ClN5O2. The van der Waals surface area contributed by atoms with Crippen molar-refractivity contribution < 1.29 is 9.59 Å². The number of aromatic nitrogens is 2. The number of benzene rings is 1. The molecule has 8 heteroatoms. The number of rotatable bonds is 8. The van der Waals surface area contributed by atoms with E-state index in [0.29, 0.717) is 18.0 Å². The van der Waals surface area contributed by atoms with Gasteiger partial charge in [0.15, 0.2) is 0 Å². The van der Waals surface area contributed by atoms with Gasteiger partial charge in [-0.1, -0.05) is 23.7 Å². The second-order valence-electron chi connectivity index (χ2n) is 7.51. The van der Waals surface area contributed by atoms with E-state index in [0.717, 1.165) is 22.2 Å². The highest BCUT2D eigenvalue weighted by molar-refractivity contribution is 6.30. The van der Waals surface area contributed by atoms with E-state index in [9.17, 15) is 9.59 Å². The van der Waals surface area contributed by atoms with E-state index in [1.165, 1.54) is 0 Å². The molecule has 1 aromatic carbocycles. The molecule has 0 fully saturated rings. The summed E-state index contributed by atoms with van der Waals surface area (Å²) in [6, 6.07) is 10.1. The predicted octanol–water partition coefficient (Wildman–Crippen LogP) is 2.51. The fourth-order valence-electron chi connectivity index (χ4n) is 3.03. The molecule has 158 valence electrons. The van der Waals surface area contributed by atoms with Crippen LogP contribution in [0.4, 0.5) is 0 Å². The zero-order chi connectivity index (χ0) is 21.7. The maximum Gasteiger partial charge on any atom is 0.243 e. The van der Waals surface area contributed by atoms with Crippen LogP contribution in [0.15, 0.2) is 48.8 Å². The summed E-state index contributed by atoms with van der Waals surface area (Å²) >= 11 is 6.08. The minimum atomic E-state index is -0.720. The SMILES string of the molecule is C[C@@H](C(=O)N[C@@H](Cc1cccc(Cl)c1)C(=O)NCc1cnc2[nH]ccc2c1)N(C)C. The number of amides is 2. The number of hydrogen-bond acceptors (Lipinski definition) is 4. The molecule has 0 saturated carbocycles. The highest BCUT2D eigenvalue weighted by Crippen LogP contribution is 2.14. The number of aromatic amines is 1. The third-order valence-electron chi connectivity index (χ3n) is 5.04. The van der Waals surface area contributed by atoms with Gasteiger partial charge in [0.25, 0.3) is 0 Å². The molecule has 0 spiro atoms. The third kappa shape index (κ3) is 5.58. The van der Waals surface area contributed by atoms with Crippen molar-refractivity contribution in [1.29, 1.82) is 0 Å². The molecule has 0 aliphatic rings. The van der Waals surface area contributed by atoms with Gasteiger partial charge in [0.2, 0.25) is 11.8 Å². The Bertz CT molecular complexity index is 1030. The van der Waals surface area contributed by atoms with E-state index in [-0.39, 0.29) is 17.9 Å². The van der Waals surface area contributed by atoms with Crippen LogP contribution in [0.3, 0.4) is 0 Å². The quantitative estimate of drug-likeness (QED) is 0.515. The minimum absolute atomic E-state index is 0.211. The monoisotopic (exact) mass is 427 g/mol. The van der Waals surface area contributed by atoms with Crippen LogP contribution in [-0.2, 0) is 22.6 Å². The largest absolute Gasteiger partial charge is 0.350 e. The summed E-state index contributed by atoms with van der Waals surface area (Å²) in [7, 11) is 3.64. The maximum absolute atomic E-state index is 12.9. The van der Waals surface area contributed by atoms with Gasteiger partial charge < -0.3 is 15.6 Å². The molecule has 2 aromatic heterocycles. The Morgan fingerprint density at radius 3 is 2.70 bits per heavy atom. The number of likely N-dealkylation sites (N-methyl/N-ethyl adjacent to an activating group) is 1. The average Bonchev–Trinajstić information content (AvgIpc) is 3.18. The molecule has 2 heterocycles. The molecular weight excluding hydrogens is 402 g/mol. The van der Waals surface area contributed by atoms with E-state index >= 15 is 0 Å². The zero-order valence-electron chi connectivity index (χ0n) is 17.3. The Balaban J connectivity index is 1.71. The summed E-state index contributed by atoms with van der Waals surface area (Å²) in [5, 5.41) is 7.35. The van der Waals surface area contributed by atoms with Gasteiger partial charge in [-0.3, -0.25) is 14.5 Å². The summed E-state index contributed by atoms with van der Waals surface area (Å²) < 4.78 is 0. The Labute approximate surface area is 180 Å². The van der Waals surface area contributed by atoms with E-state index in [1.54, 1.807) is 30.2 Å². The number of fused-ring (bicyclic) bond motifs is 1. The number of carbonyl (C=O) groups is 2.